The molecule has 21 heavy (non-hydrogen) atoms. The molecule has 1 aliphatic heterocycles. The standard InChI is InChI=1S/C14H21N3O3S/c1-3-14(12(19)20)5-4-6-17(9-14)7-11-8-21-13(16-11)15-10(2)18/h8H,3-7,9H2,1-2H3,(H,19,20)(H,15,16,18). The largest absolute Gasteiger partial charge is 0.481 e. The van der Waals surface area contributed by atoms with Crippen molar-refractivity contribution in [2.75, 3.05) is 18.4 Å². The first kappa shape index (κ1) is 15.9. The number of carboxylic acids is 1. The summed E-state index contributed by atoms with van der Waals surface area (Å²) in [6.07, 6.45) is 2.28. The Morgan fingerprint density at radius 2 is 2.33 bits per heavy atom. The zero-order valence-electron chi connectivity index (χ0n) is 12.4. The van der Waals surface area contributed by atoms with Crippen molar-refractivity contribution in [2.45, 2.75) is 39.7 Å². The van der Waals surface area contributed by atoms with E-state index in [2.05, 4.69) is 15.2 Å². The van der Waals surface area contributed by atoms with Gasteiger partial charge < -0.3 is 10.4 Å². The van der Waals surface area contributed by atoms with Crippen molar-refractivity contribution < 1.29 is 14.7 Å². The lowest BCUT2D eigenvalue weighted by molar-refractivity contribution is -0.153. The van der Waals surface area contributed by atoms with E-state index in [0.29, 0.717) is 24.6 Å². The van der Waals surface area contributed by atoms with Crippen molar-refractivity contribution in [2.24, 2.45) is 5.41 Å². The van der Waals surface area contributed by atoms with E-state index in [1.165, 1.54) is 18.3 Å². The van der Waals surface area contributed by atoms with Gasteiger partial charge in [0.1, 0.15) is 0 Å². The molecule has 6 nitrogen and oxygen atoms in total. The first-order valence-electron chi connectivity index (χ1n) is 7.13. The summed E-state index contributed by atoms with van der Waals surface area (Å²) in [5, 5.41) is 14.7. The highest BCUT2D eigenvalue weighted by Crippen LogP contribution is 2.34. The molecule has 0 bridgehead atoms. The van der Waals surface area contributed by atoms with Gasteiger partial charge in [0.2, 0.25) is 5.91 Å². The minimum Gasteiger partial charge on any atom is -0.481 e. The number of rotatable bonds is 5. The molecule has 1 unspecified atom stereocenters. The first-order valence-corrected chi connectivity index (χ1v) is 8.01. The molecule has 0 radical (unpaired) electrons. The number of piperidine rings is 1. The predicted molar refractivity (Wildman–Crippen MR) is 81.3 cm³/mol. The summed E-state index contributed by atoms with van der Waals surface area (Å²) in [4.78, 5) is 29.0. The Morgan fingerprint density at radius 1 is 1.57 bits per heavy atom. The molecule has 1 aromatic heterocycles. The number of amides is 1. The Balaban J connectivity index is 2.01. The lowest BCUT2D eigenvalue weighted by Gasteiger charge is -2.39. The SMILES string of the molecule is CCC1(C(=O)O)CCCN(Cc2csc(NC(C)=O)n2)C1. The van der Waals surface area contributed by atoms with Crippen LogP contribution in [0.25, 0.3) is 0 Å². The third kappa shape index (κ3) is 3.79. The zero-order valence-corrected chi connectivity index (χ0v) is 13.2. The second kappa shape index (κ2) is 6.53. The molecule has 0 aliphatic carbocycles. The van der Waals surface area contributed by atoms with Gasteiger partial charge in [0, 0.05) is 25.4 Å². The number of carbonyl (C=O) groups excluding carboxylic acids is 1. The number of hydrogen-bond acceptors (Lipinski definition) is 5. The van der Waals surface area contributed by atoms with E-state index in [-0.39, 0.29) is 5.91 Å². The van der Waals surface area contributed by atoms with Gasteiger partial charge in [-0.25, -0.2) is 4.98 Å². The van der Waals surface area contributed by atoms with Gasteiger partial charge in [-0.1, -0.05) is 6.92 Å². The number of anilines is 1. The number of carboxylic acid groups (broad SMARTS) is 1. The fourth-order valence-corrected chi connectivity index (χ4v) is 3.54. The molecule has 1 atom stereocenters. The third-order valence-corrected chi connectivity index (χ3v) is 4.81. The molecule has 0 saturated carbocycles. The van der Waals surface area contributed by atoms with Crippen LogP contribution in [0.4, 0.5) is 5.13 Å². The molecule has 116 valence electrons. The van der Waals surface area contributed by atoms with Crippen molar-refractivity contribution in [1.29, 1.82) is 0 Å². The van der Waals surface area contributed by atoms with Crippen LogP contribution < -0.4 is 5.32 Å². The van der Waals surface area contributed by atoms with Gasteiger partial charge in [-0.3, -0.25) is 14.5 Å². The molecule has 7 heteroatoms. The van der Waals surface area contributed by atoms with Crippen LogP contribution in [0.15, 0.2) is 5.38 Å². The fraction of sp³-hybridized carbons (Fsp3) is 0.643. The fourth-order valence-electron chi connectivity index (χ4n) is 2.79. The number of carbonyl (C=O) groups is 2. The number of hydrogen-bond donors (Lipinski definition) is 2. The van der Waals surface area contributed by atoms with Crippen LogP contribution in [0, 0.1) is 5.41 Å². The lowest BCUT2D eigenvalue weighted by atomic mass is 9.77. The van der Waals surface area contributed by atoms with Crippen LogP contribution in [0.3, 0.4) is 0 Å². The summed E-state index contributed by atoms with van der Waals surface area (Å²) >= 11 is 1.39. The van der Waals surface area contributed by atoms with E-state index < -0.39 is 11.4 Å². The van der Waals surface area contributed by atoms with Gasteiger partial charge >= 0.3 is 5.97 Å². The molecule has 1 saturated heterocycles. The topological polar surface area (TPSA) is 82.5 Å². The van der Waals surface area contributed by atoms with Crippen LogP contribution >= 0.6 is 11.3 Å². The van der Waals surface area contributed by atoms with Crippen molar-refractivity contribution in [3.8, 4) is 0 Å². The highest BCUT2D eigenvalue weighted by molar-refractivity contribution is 7.13. The Kier molecular flexibility index (Phi) is 4.95. The predicted octanol–water partition coefficient (Wildman–Crippen LogP) is 2.18. The van der Waals surface area contributed by atoms with E-state index in [9.17, 15) is 14.7 Å². The van der Waals surface area contributed by atoms with Crippen LogP contribution in [0.2, 0.25) is 0 Å². The highest BCUT2D eigenvalue weighted by Gasteiger charge is 2.40. The summed E-state index contributed by atoms with van der Waals surface area (Å²) in [6.45, 7) is 5.47. The summed E-state index contributed by atoms with van der Waals surface area (Å²) in [7, 11) is 0. The highest BCUT2D eigenvalue weighted by atomic mass is 32.1. The van der Waals surface area contributed by atoms with Gasteiger partial charge in [0.25, 0.3) is 0 Å². The molecule has 1 aromatic rings. The van der Waals surface area contributed by atoms with E-state index >= 15 is 0 Å². The van der Waals surface area contributed by atoms with Crippen LogP contribution in [-0.2, 0) is 16.1 Å². The molecule has 2 rings (SSSR count). The molecule has 0 aromatic carbocycles. The summed E-state index contributed by atoms with van der Waals surface area (Å²) in [5.41, 5.74) is 0.246. The number of aromatic nitrogens is 1. The van der Waals surface area contributed by atoms with E-state index in [4.69, 9.17) is 0 Å². The maximum Gasteiger partial charge on any atom is 0.310 e. The van der Waals surface area contributed by atoms with Crippen LogP contribution in [0.5, 0.6) is 0 Å². The second-order valence-corrected chi connectivity index (χ2v) is 6.44. The quantitative estimate of drug-likeness (QED) is 0.871. The van der Waals surface area contributed by atoms with Crippen molar-refractivity contribution in [3.05, 3.63) is 11.1 Å². The second-order valence-electron chi connectivity index (χ2n) is 5.58. The van der Waals surface area contributed by atoms with Gasteiger partial charge in [-0.15, -0.1) is 11.3 Å². The molecule has 0 spiro atoms. The molecular weight excluding hydrogens is 290 g/mol. The summed E-state index contributed by atoms with van der Waals surface area (Å²) in [6, 6.07) is 0. The van der Waals surface area contributed by atoms with E-state index in [1.54, 1.807) is 0 Å². The third-order valence-electron chi connectivity index (χ3n) is 4.01. The first-order chi connectivity index (χ1) is 9.95. The van der Waals surface area contributed by atoms with Crippen molar-refractivity contribution >= 4 is 28.3 Å². The minimum atomic E-state index is -0.702. The molecule has 1 fully saturated rings. The Hall–Kier alpha value is -1.47. The van der Waals surface area contributed by atoms with E-state index in [0.717, 1.165) is 25.1 Å². The summed E-state index contributed by atoms with van der Waals surface area (Å²) in [5.74, 6) is -0.836. The average Bonchev–Trinajstić information content (AvgIpc) is 2.85. The van der Waals surface area contributed by atoms with Crippen LogP contribution in [-0.4, -0.2) is 40.0 Å². The van der Waals surface area contributed by atoms with Crippen LogP contribution in [0.1, 0.15) is 38.8 Å². The molecule has 1 amide bonds. The minimum absolute atomic E-state index is 0.134. The number of nitrogens with one attached hydrogen (secondary N) is 1. The Labute approximate surface area is 128 Å². The molecule has 1 aliphatic rings. The van der Waals surface area contributed by atoms with Gasteiger partial charge in [-0.2, -0.15) is 0 Å². The Bertz CT molecular complexity index is 531. The lowest BCUT2D eigenvalue weighted by Crippen LogP contribution is -2.47. The smallest absolute Gasteiger partial charge is 0.310 e. The maximum atomic E-state index is 11.5. The number of aliphatic carboxylic acids is 1. The average molecular weight is 311 g/mol. The van der Waals surface area contributed by atoms with Gasteiger partial charge in [0.05, 0.1) is 11.1 Å². The van der Waals surface area contributed by atoms with E-state index in [1.807, 2.05) is 12.3 Å². The van der Waals surface area contributed by atoms with Crippen molar-refractivity contribution in [1.82, 2.24) is 9.88 Å². The normalized spacial score (nSPS) is 23.0. The van der Waals surface area contributed by atoms with Gasteiger partial charge in [-0.05, 0) is 25.8 Å². The monoisotopic (exact) mass is 311 g/mol. The number of nitrogens with zero attached hydrogens (tertiary/aromatic N) is 2. The maximum absolute atomic E-state index is 11.5. The molecule has 2 heterocycles. The molecular formula is C14H21N3O3S. The number of likely N-dealkylation sites (tertiary alicyclic amines) is 1. The Morgan fingerprint density at radius 3 is 2.95 bits per heavy atom. The van der Waals surface area contributed by atoms with Gasteiger partial charge in [0.15, 0.2) is 5.13 Å². The zero-order chi connectivity index (χ0) is 15.5. The molecule has 2 N–H and O–H groups in total. The van der Waals surface area contributed by atoms with Crippen molar-refractivity contribution in [3.63, 3.8) is 0 Å². The number of thiazole rings is 1. The summed E-state index contributed by atoms with van der Waals surface area (Å²) < 4.78 is 0.